The molecule has 0 aliphatic carbocycles. The zero-order chi connectivity index (χ0) is 10.6. The van der Waals surface area contributed by atoms with E-state index in [0.717, 1.165) is 13.1 Å². The van der Waals surface area contributed by atoms with Crippen LogP contribution in [0.3, 0.4) is 0 Å². The normalized spacial score (nSPS) is 13.5. The molecule has 3 heteroatoms. The van der Waals surface area contributed by atoms with Gasteiger partial charge >= 0.3 is 0 Å². The molecule has 1 aromatic rings. The van der Waals surface area contributed by atoms with E-state index in [1.54, 1.807) is 0 Å². The van der Waals surface area contributed by atoms with Gasteiger partial charge in [-0.15, -0.1) is 0 Å². The maximum atomic E-state index is 4.30. The summed E-state index contributed by atoms with van der Waals surface area (Å²) in [5.41, 5.74) is 1.23. The maximum absolute atomic E-state index is 4.30. The monoisotopic (exact) mass is 195 g/mol. The molecule has 1 rings (SSSR count). The first kappa shape index (κ1) is 11.2. The smallest absolute Gasteiger partial charge is 0.0565 e. The summed E-state index contributed by atoms with van der Waals surface area (Å²) in [5, 5.41) is 7.78. The van der Waals surface area contributed by atoms with Crippen molar-refractivity contribution < 1.29 is 0 Å². The molecule has 0 saturated carbocycles. The molecule has 1 aromatic heterocycles. The Bertz CT molecular complexity index is 265. The molecule has 1 N–H and O–H groups in total. The number of hydrogen-bond donors (Lipinski definition) is 1. The minimum atomic E-state index is 0.513. The molecule has 0 bridgehead atoms. The molecule has 1 unspecified atom stereocenters. The van der Waals surface area contributed by atoms with Gasteiger partial charge in [0, 0.05) is 12.2 Å². The molecule has 3 nitrogen and oxygen atoms in total. The third kappa shape index (κ3) is 3.14. The molecule has 0 aliphatic rings. The van der Waals surface area contributed by atoms with E-state index < -0.39 is 0 Å². The van der Waals surface area contributed by atoms with E-state index in [1.165, 1.54) is 5.56 Å². The number of nitrogens with one attached hydrogen (secondary N) is 1. The summed E-state index contributed by atoms with van der Waals surface area (Å²) in [6.45, 7) is 10.7. The van der Waals surface area contributed by atoms with Gasteiger partial charge in [0.05, 0.1) is 12.7 Å². The first-order chi connectivity index (χ1) is 6.63. The number of likely N-dealkylation sites (N-methyl/N-ethyl adjacent to an activating group) is 1. The molecule has 0 radical (unpaired) electrons. The van der Waals surface area contributed by atoms with Crippen LogP contribution in [-0.2, 0) is 6.54 Å². The highest BCUT2D eigenvalue weighted by Crippen LogP contribution is 2.05. The van der Waals surface area contributed by atoms with E-state index in [-0.39, 0.29) is 0 Å². The van der Waals surface area contributed by atoms with Crippen molar-refractivity contribution in [2.75, 3.05) is 6.54 Å². The van der Waals surface area contributed by atoms with Gasteiger partial charge in [-0.25, -0.2) is 0 Å². The van der Waals surface area contributed by atoms with Gasteiger partial charge in [0.1, 0.15) is 0 Å². The summed E-state index contributed by atoms with van der Waals surface area (Å²) < 4.78 is 2.02. The third-order valence-electron chi connectivity index (χ3n) is 2.42. The van der Waals surface area contributed by atoms with Gasteiger partial charge in [0.25, 0.3) is 0 Å². The Morgan fingerprint density at radius 1 is 1.50 bits per heavy atom. The summed E-state index contributed by atoms with van der Waals surface area (Å²) in [7, 11) is 0. The second-order valence-corrected chi connectivity index (χ2v) is 4.15. The molecule has 0 aromatic carbocycles. The molecule has 0 aliphatic heterocycles. The van der Waals surface area contributed by atoms with Crippen LogP contribution in [0.25, 0.3) is 0 Å². The maximum Gasteiger partial charge on any atom is 0.0565 e. The zero-order valence-corrected chi connectivity index (χ0v) is 9.62. The second kappa shape index (κ2) is 5.15. The Balaban J connectivity index is 2.55. The van der Waals surface area contributed by atoms with E-state index in [0.29, 0.717) is 12.0 Å². The van der Waals surface area contributed by atoms with Gasteiger partial charge in [0.15, 0.2) is 0 Å². The van der Waals surface area contributed by atoms with Gasteiger partial charge in [0.2, 0.25) is 0 Å². The molecule has 1 heterocycles. The zero-order valence-electron chi connectivity index (χ0n) is 9.62. The van der Waals surface area contributed by atoms with Crippen LogP contribution in [0.1, 0.15) is 26.3 Å². The predicted molar refractivity (Wildman–Crippen MR) is 59.3 cm³/mol. The fourth-order valence-corrected chi connectivity index (χ4v) is 1.54. The fraction of sp³-hybridized carbons (Fsp3) is 0.727. The number of aromatic nitrogens is 2. The standard InChI is InChI=1S/C11H21N3/c1-5-12-11(9(2)3)8-14-7-10(4)6-13-14/h6-7,9,11-12H,5,8H2,1-4H3. The minimum absolute atomic E-state index is 0.513. The summed E-state index contributed by atoms with van der Waals surface area (Å²) in [6.07, 6.45) is 4.00. The van der Waals surface area contributed by atoms with E-state index >= 15 is 0 Å². The lowest BCUT2D eigenvalue weighted by Crippen LogP contribution is -2.37. The highest BCUT2D eigenvalue weighted by atomic mass is 15.3. The van der Waals surface area contributed by atoms with Crippen molar-refractivity contribution in [2.45, 2.75) is 40.3 Å². The van der Waals surface area contributed by atoms with Crippen LogP contribution in [0.5, 0.6) is 0 Å². The van der Waals surface area contributed by atoms with Crippen LogP contribution >= 0.6 is 0 Å². The lowest BCUT2D eigenvalue weighted by atomic mass is 10.0. The van der Waals surface area contributed by atoms with E-state index in [9.17, 15) is 0 Å². The highest BCUT2D eigenvalue weighted by Gasteiger charge is 2.12. The first-order valence-electron chi connectivity index (χ1n) is 5.36. The summed E-state index contributed by atoms with van der Waals surface area (Å²) >= 11 is 0. The lowest BCUT2D eigenvalue weighted by Gasteiger charge is -2.21. The van der Waals surface area contributed by atoms with Crippen molar-refractivity contribution >= 4 is 0 Å². The van der Waals surface area contributed by atoms with Crippen LogP contribution in [0.4, 0.5) is 0 Å². The highest BCUT2D eigenvalue weighted by molar-refractivity contribution is 4.99. The number of hydrogen-bond acceptors (Lipinski definition) is 2. The fourth-order valence-electron chi connectivity index (χ4n) is 1.54. The van der Waals surface area contributed by atoms with Crippen molar-refractivity contribution in [3.8, 4) is 0 Å². The molecular formula is C11H21N3. The van der Waals surface area contributed by atoms with Crippen LogP contribution in [0, 0.1) is 12.8 Å². The van der Waals surface area contributed by atoms with E-state index in [1.807, 2.05) is 10.9 Å². The molecule has 0 amide bonds. The van der Waals surface area contributed by atoms with Crippen molar-refractivity contribution in [3.05, 3.63) is 18.0 Å². The predicted octanol–water partition coefficient (Wildman–Crippen LogP) is 1.83. The van der Waals surface area contributed by atoms with E-state index in [2.05, 4.69) is 44.3 Å². The SMILES string of the molecule is CCNC(Cn1cc(C)cn1)C(C)C. The molecule has 80 valence electrons. The summed E-state index contributed by atoms with van der Waals surface area (Å²) in [6, 6.07) is 0.513. The Morgan fingerprint density at radius 2 is 2.21 bits per heavy atom. The Kier molecular flexibility index (Phi) is 4.14. The van der Waals surface area contributed by atoms with Crippen molar-refractivity contribution in [2.24, 2.45) is 5.92 Å². The van der Waals surface area contributed by atoms with E-state index in [4.69, 9.17) is 0 Å². The number of nitrogens with zero attached hydrogens (tertiary/aromatic N) is 2. The largest absolute Gasteiger partial charge is 0.312 e. The molecule has 0 fully saturated rings. The average Bonchev–Trinajstić information content (AvgIpc) is 2.50. The quantitative estimate of drug-likeness (QED) is 0.776. The average molecular weight is 195 g/mol. The first-order valence-corrected chi connectivity index (χ1v) is 5.36. The van der Waals surface area contributed by atoms with Crippen LogP contribution in [-0.4, -0.2) is 22.4 Å². The minimum Gasteiger partial charge on any atom is -0.312 e. The molecule has 0 saturated heterocycles. The van der Waals surface area contributed by atoms with Gasteiger partial charge in [-0.1, -0.05) is 20.8 Å². The van der Waals surface area contributed by atoms with Gasteiger partial charge in [-0.05, 0) is 24.9 Å². The number of rotatable bonds is 5. The molecule has 14 heavy (non-hydrogen) atoms. The second-order valence-electron chi connectivity index (χ2n) is 4.15. The van der Waals surface area contributed by atoms with Gasteiger partial charge in [-0.2, -0.15) is 5.10 Å². The lowest BCUT2D eigenvalue weighted by molar-refractivity contribution is 0.348. The third-order valence-corrected chi connectivity index (χ3v) is 2.42. The Morgan fingerprint density at radius 3 is 2.64 bits per heavy atom. The molecule has 1 atom stereocenters. The van der Waals surface area contributed by atoms with Crippen molar-refractivity contribution in [1.82, 2.24) is 15.1 Å². The Labute approximate surface area is 86.5 Å². The molecular weight excluding hydrogens is 174 g/mol. The van der Waals surface area contributed by atoms with Crippen LogP contribution < -0.4 is 5.32 Å². The topological polar surface area (TPSA) is 29.9 Å². The van der Waals surface area contributed by atoms with Gasteiger partial charge in [-0.3, -0.25) is 4.68 Å². The van der Waals surface area contributed by atoms with Crippen molar-refractivity contribution in [3.63, 3.8) is 0 Å². The number of aryl methyl sites for hydroxylation is 1. The van der Waals surface area contributed by atoms with Crippen LogP contribution in [0.15, 0.2) is 12.4 Å². The summed E-state index contributed by atoms with van der Waals surface area (Å²) in [5.74, 6) is 0.638. The summed E-state index contributed by atoms with van der Waals surface area (Å²) in [4.78, 5) is 0. The van der Waals surface area contributed by atoms with Crippen molar-refractivity contribution in [1.29, 1.82) is 0 Å². The Hall–Kier alpha value is -0.830. The van der Waals surface area contributed by atoms with Crippen LogP contribution in [0.2, 0.25) is 0 Å². The molecule has 0 spiro atoms. The van der Waals surface area contributed by atoms with Gasteiger partial charge < -0.3 is 5.32 Å².